The first-order valence-electron chi connectivity index (χ1n) is 4.53. The summed E-state index contributed by atoms with van der Waals surface area (Å²) in [5, 5.41) is 3.13. The van der Waals surface area contributed by atoms with Crippen LogP contribution in [0.2, 0.25) is 0 Å². The number of carbonyl (C=O) groups is 1. The highest BCUT2D eigenvalue weighted by molar-refractivity contribution is 5.82. The summed E-state index contributed by atoms with van der Waals surface area (Å²) in [6.07, 6.45) is -4.09. The molecule has 80 valence electrons. The normalized spacial score (nSPS) is 36.6. The van der Waals surface area contributed by atoms with Gasteiger partial charge in [-0.2, -0.15) is 13.2 Å². The summed E-state index contributed by atoms with van der Waals surface area (Å²) in [4.78, 5) is 11.9. The third kappa shape index (κ3) is 1.37. The summed E-state index contributed by atoms with van der Waals surface area (Å²) in [5.74, 6) is -1.70. The van der Waals surface area contributed by atoms with Gasteiger partial charge in [-0.15, -0.1) is 0 Å². The summed E-state index contributed by atoms with van der Waals surface area (Å²) >= 11 is 0. The van der Waals surface area contributed by atoms with Crippen molar-refractivity contribution in [1.29, 1.82) is 0 Å². The number of fused-ring (bicyclic) bond motifs is 2. The molecule has 3 nitrogen and oxygen atoms in total. The predicted octanol–water partition coefficient (Wildman–Crippen LogP) is 0.510. The maximum Gasteiger partial charge on any atom is 0.471 e. The zero-order valence-corrected chi connectivity index (χ0v) is 7.64. The molecule has 1 amide bonds. The van der Waals surface area contributed by atoms with Gasteiger partial charge in [-0.3, -0.25) is 4.79 Å². The van der Waals surface area contributed by atoms with Gasteiger partial charge in [0.2, 0.25) is 0 Å². The second-order valence-corrected chi connectivity index (χ2v) is 3.91. The fourth-order valence-electron chi connectivity index (χ4n) is 2.34. The Morgan fingerprint density at radius 3 is 2.57 bits per heavy atom. The molecule has 2 heterocycles. The van der Waals surface area contributed by atoms with Gasteiger partial charge >= 0.3 is 12.1 Å². The van der Waals surface area contributed by atoms with Gasteiger partial charge in [0, 0.05) is 24.7 Å². The number of carbonyl (C=O) groups excluding carboxylic acids is 1. The maximum absolute atomic E-state index is 12.1. The Morgan fingerprint density at radius 1 is 1.50 bits per heavy atom. The van der Waals surface area contributed by atoms with Crippen molar-refractivity contribution in [2.75, 3.05) is 6.54 Å². The van der Waals surface area contributed by atoms with Crippen LogP contribution in [0.5, 0.6) is 0 Å². The minimum atomic E-state index is -4.73. The van der Waals surface area contributed by atoms with Crippen LogP contribution in [0.25, 0.3) is 0 Å². The molecule has 0 saturated carbocycles. The Labute approximate surface area is 79.3 Å². The van der Waals surface area contributed by atoms with E-state index in [0.717, 1.165) is 4.90 Å². The Morgan fingerprint density at radius 2 is 2.14 bits per heavy atom. The quantitative estimate of drug-likeness (QED) is 0.629. The first-order valence-corrected chi connectivity index (χ1v) is 4.53. The molecule has 2 aliphatic heterocycles. The average molecular weight is 208 g/mol. The Hall–Kier alpha value is -0.780. The molecule has 0 spiro atoms. The van der Waals surface area contributed by atoms with Gasteiger partial charge in [-0.1, -0.05) is 0 Å². The van der Waals surface area contributed by atoms with E-state index >= 15 is 0 Å². The minimum absolute atomic E-state index is 0.0277. The van der Waals surface area contributed by atoms with Gasteiger partial charge in [0.05, 0.1) is 0 Å². The number of hydrogen-bond donors (Lipinski definition) is 1. The SMILES string of the molecule is CC1NC2C[C@H]1N(C(=O)C(F)(F)F)C2. The smallest absolute Gasteiger partial charge is 0.329 e. The van der Waals surface area contributed by atoms with E-state index in [1.807, 2.05) is 0 Å². The summed E-state index contributed by atoms with van der Waals surface area (Å²) in [6, 6.07) is -0.268. The Kier molecular flexibility index (Phi) is 1.99. The van der Waals surface area contributed by atoms with Crippen LogP contribution in [0.15, 0.2) is 0 Å². The molecular formula is C8H11F3N2O. The van der Waals surface area contributed by atoms with E-state index in [-0.39, 0.29) is 24.7 Å². The number of piperazine rings is 1. The number of nitrogens with one attached hydrogen (secondary N) is 1. The first kappa shape index (κ1) is 9.76. The molecule has 0 aliphatic carbocycles. The van der Waals surface area contributed by atoms with Crippen LogP contribution in [0.3, 0.4) is 0 Å². The highest BCUT2D eigenvalue weighted by Crippen LogP contribution is 2.31. The maximum atomic E-state index is 12.1. The van der Waals surface area contributed by atoms with Crippen molar-refractivity contribution in [3.63, 3.8) is 0 Å². The fraction of sp³-hybridized carbons (Fsp3) is 0.875. The van der Waals surface area contributed by atoms with Crippen molar-refractivity contribution < 1.29 is 18.0 Å². The summed E-state index contributed by atoms with van der Waals surface area (Å²) in [5.41, 5.74) is 0. The average Bonchev–Trinajstić information content (AvgIpc) is 2.58. The van der Waals surface area contributed by atoms with Gasteiger partial charge in [0.15, 0.2) is 0 Å². The van der Waals surface area contributed by atoms with E-state index in [4.69, 9.17) is 0 Å². The third-order valence-corrected chi connectivity index (χ3v) is 2.92. The van der Waals surface area contributed by atoms with Crippen molar-refractivity contribution in [2.45, 2.75) is 37.6 Å². The zero-order chi connectivity index (χ0) is 10.5. The van der Waals surface area contributed by atoms with Crippen molar-refractivity contribution in [3.05, 3.63) is 0 Å². The number of alkyl halides is 3. The molecule has 14 heavy (non-hydrogen) atoms. The summed E-state index contributed by atoms with van der Waals surface area (Å²) in [6.45, 7) is 1.99. The van der Waals surface area contributed by atoms with E-state index in [2.05, 4.69) is 5.32 Å². The Bertz CT molecular complexity index is 266. The van der Waals surface area contributed by atoms with Crippen molar-refractivity contribution in [1.82, 2.24) is 10.2 Å². The summed E-state index contributed by atoms with van der Waals surface area (Å²) < 4.78 is 36.4. The minimum Gasteiger partial charge on any atom is -0.329 e. The molecule has 2 unspecified atom stereocenters. The number of amides is 1. The van der Waals surface area contributed by atoms with Crippen LogP contribution < -0.4 is 5.32 Å². The van der Waals surface area contributed by atoms with E-state index < -0.39 is 12.1 Å². The summed E-state index contributed by atoms with van der Waals surface area (Å²) in [7, 11) is 0. The van der Waals surface area contributed by atoms with E-state index in [0.29, 0.717) is 6.42 Å². The lowest BCUT2D eigenvalue weighted by Gasteiger charge is -2.32. The van der Waals surface area contributed by atoms with Gasteiger partial charge in [-0.25, -0.2) is 0 Å². The molecule has 2 fully saturated rings. The van der Waals surface area contributed by atoms with Crippen molar-refractivity contribution >= 4 is 5.91 Å². The molecular weight excluding hydrogens is 197 g/mol. The highest BCUT2D eigenvalue weighted by Gasteiger charge is 2.52. The van der Waals surface area contributed by atoms with E-state index in [1.165, 1.54) is 0 Å². The number of hydrogen-bond acceptors (Lipinski definition) is 2. The molecule has 0 aromatic rings. The predicted molar refractivity (Wildman–Crippen MR) is 42.6 cm³/mol. The number of halogens is 3. The van der Waals surface area contributed by atoms with Gasteiger partial charge in [0.1, 0.15) is 0 Å². The second-order valence-electron chi connectivity index (χ2n) is 3.91. The first-order chi connectivity index (χ1) is 6.39. The van der Waals surface area contributed by atoms with Gasteiger partial charge < -0.3 is 10.2 Å². The Balaban J connectivity index is 2.11. The van der Waals surface area contributed by atoms with Gasteiger partial charge in [0.25, 0.3) is 0 Å². The lowest BCUT2D eigenvalue weighted by molar-refractivity contribution is -0.187. The lowest BCUT2D eigenvalue weighted by Crippen LogP contribution is -2.54. The van der Waals surface area contributed by atoms with Crippen molar-refractivity contribution in [3.8, 4) is 0 Å². The van der Waals surface area contributed by atoms with E-state index in [1.54, 1.807) is 6.92 Å². The van der Waals surface area contributed by atoms with Crippen LogP contribution in [-0.2, 0) is 4.79 Å². The van der Waals surface area contributed by atoms with Crippen LogP contribution in [0.4, 0.5) is 13.2 Å². The number of rotatable bonds is 0. The molecule has 3 atom stereocenters. The van der Waals surface area contributed by atoms with Crippen LogP contribution >= 0.6 is 0 Å². The van der Waals surface area contributed by atoms with Crippen LogP contribution in [-0.4, -0.2) is 41.7 Å². The molecule has 0 aromatic carbocycles. The molecule has 0 radical (unpaired) electrons. The molecule has 2 saturated heterocycles. The molecule has 2 bridgehead atoms. The zero-order valence-electron chi connectivity index (χ0n) is 7.64. The molecule has 0 aromatic heterocycles. The van der Waals surface area contributed by atoms with Crippen LogP contribution in [0, 0.1) is 0 Å². The van der Waals surface area contributed by atoms with Gasteiger partial charge in [-0.05, 0) is 13.3 Å². The lowest BCUT2D eigenvalue weighted by atomic mass is 10.1. The standard InChI is InChI=1S/C8H11F3N2O/c1-4-6-2-5(12-4)3-13(6)7(14)8(9,10)11/h4-6,12H,2-3H2,1H3/t4?,5?,6-/m1/s1. The van der Waals surface area contributed by atoms with Crippen molar-refractivity contribution in [2.24, 2.45) is 0 Å². The molecule has 2 aliphatic rings. The number of likely N-dealkylation sites (tertiary alicyclic amines) is 1. The van der Waals surface area contributed by atoms with E-state index in [9.17, 15) is 18.0 Å². The molecule has 2 rings (SSSR count). The van der Waals surface area contributed by atoms with Crippen LogP contribution in [0.1, 0.15) is 13.3 Å². The topological polar surface area (TPSA) is 32.3 Å². The number of nitrogens with zero attached hydrogens (tertiary/aromatic N) is 1. The second kappa shape index (κ2) is 2.85. The fourth-order valence-corrected chi connectivity index (χ4v) is 2.34. The monoisotopic (exact) mass is 208 g/mol. The largest absolute Gasteiger partial charge is 0.471 e. The molecule has 1 N–H and O–H groups in total. The third-order valence-electron chi connectivity index (χ3n) is 2.92. The molecule has 6 heteroatoms. The highest BCUT2D eigenvalue weighted by atomic mass is 19.4.